The number of aromatic hydroxyl groups is 1. The number of benzene rings is 2. The van der Waals surface area contributed by atoms with Crippen molar-refractivity contribution in [1.82, 2.24) is 4.98 Å². The lowest BCUT2D eigenvalue weighted by molar-refractivity contribution is -0.0494. The minimum Gasteiger partial charge on any atom is -0.507 e. The van der Waals surface area contributed by atoms with Crippen LogP contribution in [0, 0.1) is 0 Å². The quantitative estimate of drug-likeness (QED) is 0.556. The minimum absolute atomic E-state index is 0.0449. The highest BCUT2D eigenvalue weighted by atomic mass is 35.5. The van der Waals surface area contributed by atoms with Gasteiger partial charge in [-0.2, -0.15) is 8.78 Å². The summed E-state index contributed by atoms with van der Waals surface area (Å²) in [7, 11) is 0. The van der Waals surface area contributed by atoms with E-state index in [-0.39, 0.29) is 11.5 Å². The molecule has 1 N–H and O–H groups in total. The van der Waals surface area contributed by atoms with E-state index in [1.165, 1.54) is 12.1 Å². The molecule has 1 aliphatic rings. The van der Waals surface area contributed by atoms with Crippen LogP contribution in [0.15, 0.2) is 54.6 Å². The molecule has 4 rings (SSSR count). The van der Waals surface area contributed by atoms with Gasteiger partial charge in [0.2, 0.25) is 0 Å². The van der Waals surface area contributed by atoms with Gasteiger partial charge in [0.1, 0.15) is 17.3 Å². The molecule has 1 aromatic heterocycles. The molecule has 1 saturated heterocycles. The smallest absolute Gasteiger partial charge is 0.387 e. The number of para-hydroxylation sites is 1. The van der Waals surface area contributed by atoms with Crippen molar-refractivity contribution < 1.29 is 18.6 Å². The zero-order valence-electron chi connectivity index (χ0n) is 15.5. The van der Waals surface area contributed by atoms with E-state index in [1.807, 2.05) is 6.07 Å². The number of ether oxygens (including phenoxy) is 1. The first-order valence-corrected chi connectivity index (χ1v) is 9.69. The molecule has 150 valence electrons. The van der Waals surface area contributed by atoms with Crippen LogP contribution in [-0.4, -0.2) is 29.8 Å². The molecular weight excluding hydrogens is 398 g/mol. The van der Waals surface area contributed by atoms with Crippen LogP contribution in [0.25, 0.3) is 22.4 Å². The maximum atomic E-state index is 12.9. The van der Waals surface area contributed by atoms with Crippen LogP contribution in [0.1, 0.15) is 12.8 Å². The number of alkyl halides is 2. The topological polar surface area (TPSA) is 45.6 Å². The number of hydrogen-bond donors (Lipinski definition) is 1. The van der Waals surface area contributed by atoms with Crippen LogP contribution in [0.3, 0.4) is 0 Å². The molecular formula is C22H19ClF2N2O2. The first-order chi connectivity index (χ1) is 14.0. The third-order valence-electron chi connectivity index (χ3n) is 4.89. The van der Waals surface area contributed by atoms with Gasteiger partial charge in [0, 0.05) is 29.2 Å². The second-order valence-corrected chi connectivity index (χ2v) is 7.27. The van der Waals surface area contributed by atoms with Gasteiger partial charge in [0.05, 0.1) is 5.69 Å². The van der Waals surface area contributed by atoms with Crippen molar-refractivity contribution in [3.05, 3.63) is 59.6 Å². The summed E-state index contributed by atoms with van der Waals surface area (Å²) in [5.74, 6) is 0.854. The molecule has 2 aromatic carbocycles. The number of nitrogens with zero attached hydrogens (tertiary/aromatic N) is 2. The first-order valence-electron chi connectivity index (χ1n) is 9.31. The normalized spacial score (nSPS) is 13.9. The van der Waals surface area contributed by atoms with Gasteiger partial charge in [-0.3, -0.25) is 0 Å². The highest BCUT2D eigenvalue weighted by Crippen LogP contribution is 2.38. The van der Waals surface area contributed by atoms with Gasteiger partial charge in [-0.15, -0.1) is 0 Å². The third-order valence-corrected chi connectivity index (χ3v) is 5.13. The van der Waals surface area contributed by atoms with Crippen LogP contribution >= 0.6 is 11.6 Å². The summed E-state index contributed by atoms with van der Waals surface area (Å²) in [6.45, 7) is -1.19. The number of aromatic nitrogens is 1. The van der Waals surface area contributed by atoms with E-state index in [1.54, 1.807) is 36.4 Å². The lowest BCUT2D eigenvalue weighted by atomic mass is 10.0. The minimum atomic E-state index is -2.92. The molecule has 2 heterocycles. The van der Waals surface area contributed by atoms with Gasteiger partial charge in [0.25, 0.3) is 0 Å². The Morgan fingerprint density at radius 2 is 1.76 bits per heavy atom. The second kappa shape index (κ2) is 8.25. The van der Waals surface area contributed by atoms with Crippen LogP contribution in [-0.2, 0) is 0 Å². The molecule has 1 fully saturated rings. The number of hydrogen-bond acceptors (Lipinski definition) is 4. The largest absolute Gasteiger partial charge is 0.507 e. The van der Waals surface area contributed by atoms with E-state index in [4.69, 9.17) is 21.3 Å². The van der Waals surface area contributed by atoms with Crippen molar-refractivity contribution in [1.29, 1.82) is 0 Å². The number of phenols is 1. The van der Waals surface area contributed by atoms with E-state index in [9.17, 15) is 13.9 Å². The van der Waals surface area contributed by atoms with Crippen molar-refractivity contribution in [2.45, 2.75) is 19.5 Å². The van der Waals surface area contributed by atoms with Crippen molar-refractivity contribution in [3.8, 4) is 33.9 Å². The van der Waals surface area contributed by atoms with Crippen LogP contribution in [0.4, 0.5) is 14.6 Å². The molecule has 29 heavy (non-hydrogen) atoms. The number of halogens is 3. The maximum Gasteiger partial charge on any atom is 0.387 e. The Labute approximate surface area is 172 Å². The Kier molecular flexibility index (Phi) is 5.53. The van der Waals surface area contributed by atoms with Gasteiger partial charge in [-0.25, -0.2) is 4.98 Å². The highest BCUT2D eigenvalue weighted by Gasteiger charge is 2.19. The molecule has 1 aliphatic heterocycles. The lowest BCUT2D eigenvalue weighted by Crippen LogP contribution is -2.19. The van der Waals surface area contributed by atoms with Crippen LogP contribution < -0.4 is 9.64 Å². The molecule has 0 amide bonds. The zero-order chi connectivity index (χ0) is 20.4. The first kappa shape index (κ1) is 19.5. The summed E-state index contributed by atoms with van der Waals surface area (Å²) in [5.41, 5.74) is 2.19. The maximum absolute atomic E-state index is 12.9. The standard InChI is InChI=1S/C22H19ClF2N2O2/c23-15-7-8-19(28)17(13-15)18-11-14(12-21(26-18)27-9-3-4-10-27)16-5-1-2-6-20(16)29-22(24)25/h1-2,5-8,11-13,22,28H,3-4,9-10H2. The van der Waals surface area contributed by atoms with Crippen molar-refractivity contribution in [2.75, 3.05) is 18.0 Å². The Bertz CT molecular complexity index is 1020. The number of phenolic OH excluding ortho intramolecular Hbond substituents is 1. The predicted molar refractivity (Wildman–Crippen MR) is 110 cm³/mol. The summed E-state index contributed by atoms with van der Waals surface area (Å²) < 4.78 is 30.5. The van der Waals surface area contributed by atoms with Gasteiger partial charge < -0.3 is 14.7 Å². The summed E-state index contributed by atoms with van der Waals surface area (Å²) in [5, 5.41) is 10.8. The summed E-state index contributed by atoms with van der Waals surface area (Å²) >= 11 is 6.12. The Morgan fingerprint density at radius 3 is 2.52 bits per heavy atom. The molecule has 0 saturated carbocycles. The van der Waals surface area contributed by atoms with Crippen molar-refractivity contribution in [3.63, 3.8) is 0 Å². The Hall–Kier alpha value is -2.86. The van der Waals surface area contributed by atoms with Gasteiger partial charge in [0.15, 0.2) is 0 Å². The fourth-order valence-corrected chi connectivity index (χ4v) is 3.71. The summed E-state index contributed by atoms with van der Waals surface area (Å²) in [4.78, 5) is 6.87. The van der Waals surface area contributed by atoms with Crippen LogP contribution in [0.5, 0.6) is 11.5 Å². The average molecular weight is 417 g/mol. The van der Waals surface area contributed by atoms with Crippen molar-refractivity contribution in [2.24, 2.45) is 0 Å². The van der Waals surface area contributed by atoms with E-state index in [0.717, 1.165) is 31.7 Å². The van der Waals surface area contributed by atoms with E-state index in [2.05, 4.69) is 4.90 Å². The van der Waals surface area contributed by atoms with E-state index in [0.29, 0.717) is 27.4 Å². The second-order valence-electron chi connectivity index (χ2n) is 6.83. The monoisotopic (exact) mass is 416 g/mol. The van der Waals surface area contributed by atoms with E-state index < -0.39 is 6.61 Å². The summed E-state index contributed by atoms with van der Waals surface area (Å²) in [6, 6.07) is 15.0. The molecule has 7 heteroatoms. The summed E-state index contributed by atoms with van der Waals surface area (Å²) in [6.07, 6.45) is 2.13. The fourth-order valence-electron chi connectivity index (χ4n) is 3.54. The molecule has 3 aromatic rings. The number of anilines is 1. The van der Waals surface area contributed by atoms with Crippen molar-refractivity contribution >= 4 is 17.4 Å². The molecule has 0 unspecified atom stereocenters. The molecule has 4 nitrogen and oxygen atoms in total. The molecule has 0 bridgehead atoms. The number of pyridine rings is 1. The van der Waals surface area contributed by atoms with Gasteiger partial charge >= 0.3 is 6.61 Å². The molecule has 0 spiro atoms. The zero-order valence-corrected chi connectivity index (χ0v) is 16.2. The Balaban J connectivity index is 1.88. The SMILES string of the molecule is Oc1ccc(Cl)cc1-c1cc(-c2ccccc2OC(F)F)cc(N2CCCC2)n1. The third kappa shape index (κ3) is 4.27. The van der Waals surface area contributed by atoms with Gasteiger partial charge in [-0.1, -0.05) is 29.8 Å². The highest BCUT2D eigenvalue weighted by molar-refractivity contribution is 6.31. The Morgan fingerprint density at radius 1 is 1.00 bits per heavy atom. The average Bonchev–Trinajstić information content (AvgIpc) is 3.24. The lowest BCUT2D eigenvalue weighted by Gasteiger charge is -2.20. The number of rotatable bonds is 5. The fraction of sp³-hybridized carbons (Fsp3) is 0.227. The predicted octanol–water partition coefficient (Wildman–Crippen LogP) is 5.98. The van der Waals surface area contributed by atoms with E-state index >= 15 is 0 Å². The molecule has 0 aliphatic carbocycles. The molecule has 0 radical (unpaired) electrons. The molecule has 0 atom stereocenters. The van der Waals surface area contributed by atoms with Gasteiger partial charge in [-0.05, 0) is 54.8 Å². The van der Waals surface area contributed by atoms with Crippen LogP contribution in [0.2, 0.25) is 5.02 Å².